The molecule has 0 spiro atoms. The van der Waals surface area contributed by atoms with Crippen LogP contribution in [0.25, 0.3) is 11.1 Å². The van der Waals surface area contributed by atoms with Crippen molar-refractivity contribution >= 4 is 30.0 Å². The molecule has 0 aliphatic heterocycles. The molecule has 0 aliphatic carbocycles. The van der Waals surface area contributed by atoms with Crippen LogP contribution in [-0.2, 0) is 16.0 Å². The zero-order valence-electron chi connectivity index (χ0n) is 11.6. The molecule has 0 bridgehead atoms. The summed E-state index contributed by atoms with van der Waals surface area (Å²) in [5.74, 6) is -0.399. The van der Waals surface area contributed by atoms with Crippen LogP contribution in [0.2, 0.25) is 5.02 Å². The molecule has 0 radical (unpaired) electrons. The first-order valence-corrected chi connectivity index (χ1v) is 6.66. The van der Waals surface area contributed by atoms with E-state index in [0.717, 1.165) is 16.7 Å². The van der Waals surface area contributed by atoms with Crippen LogP contribution in [0.5, 0.6) is 0 Å². The molecule has 0 fully saturated rings. The Morgan fingerprint density at radius 3 is 2.43 bits per heavy atom. The van der Waals surface area contributed by atoms with Gasteiger partial charge in [0.1, 0.15) is 6.04 Å². The Morgan fingerprint density at radius 2 is 1.86 bits per heavy atom. The van der Waals surface area contributed by atoms with Crippen LogP contribution in [-0.4, -0.2) is 19.1 Å². The van der Waals surface area contributed by atoms with Crippen molar-refractivity contribution in [2.45, 2.75) is 12.5 Å². The van der Waals surface area contributed by atoms with Gasteiger partial charge in [-0.05, 0) is 35.2 Å². The zero-order chi connectivity index (χ0) is 14.5. The Morgan fingerprint density at radius 1 is 1.19 bits per heavy atom. The minimum Gasteiger partial charge on any atom is -0.468 e. The fourth-order valence-corrected chi connectivity index (χ4v) is 2.18. The molecule has 0 heterocycles. The van der Waals surface area contributed by atoms with E-state index in [2.05, 4.69) is 4.74 Å². The standard InChI is InChI=1S/C16H16ClNO2.ClH/c1-20-16(19)15(18)9-11-5-7-12(8-6-11)13-3-2-4-14(17)10-13;/h2-8,10,15H,9,18H2,1H3;1H. The van der Waals surface area contributed by atoms with E-state index in [1.54, 1.807) is 0 Å². The fourth-order valence-electron chi connectivity index (χ4n) is 1.99. The molecular weight excluding hydrogens is 309 g/mol. The molecule has 2 aromatic rings. The van der Waals surface area contributed by atoms with Gasteiger partial charge in [-0.15, -0.1) is 12.4 Å². The zero-order valence-corrected chi connectivity index (χ0v) is 13.2. The minimum absolute atomic E-state index is 0. The Kier molecular flexibility index (Phi) is 6.69. The number of ether oxygens (including phenoxy) is 1. The Bertz CT molecular complexity index is 599. The summed E-state index contributed by atoms with van der Waals surface area (Å²) in [5.41, 5.74) is 8.86. The molecule has 0 aromatic heterocycles. The first-order valence-electron chi connectivity index (χ1n) is 6.28. The second kappa shape index (κ2) is 8.03. The lowest BCUT2D eigenvalue weighted by molar-refractivity contribution is -0.142. The normalized spacial score (nSPS) is 11.4. The number of hydrogen-bond acceptors (Lipinski definition) is 3. The number of methoxy groups -OCH3 is 1. The van der Waals surface area contributed by atoms with E-state index in [1.165, 1.54) is 7.11 Å². The summed E-state index contributed by atoms with van der Waals surface area (Å²) in [6.45, 7) is 0. The molecule has 112 valence electrons. The van der Waals surface area contributed by atoms with Gasteiger partial charge in [0.25, 0.3) is 0 Å². The molecule has 3 nitrogen and oxygen atoms in total. The highest BCUT2D eigenvalue weighted by molar-refractivity contribution is 6.30. The molecule has 0 amide bonds. The monoisotopic (exact) mass is 325 g/mol. The van der Waals surface area contributed by atoms with Gasteiger partial charge in [-0.25, -0.2) is 0 Å². The van der Waals surface area contributed by atoms with E-state index in [9.17, 15) is 4.79 Å². The first kappa shape index (κ1) is 17.5. The van der Waals surface area contributed by atoms with E-state index in [4.69, 9.17) is 17.3 Å². The van der Waals surface area contributed by atoms with Crippen LogP contribution in [0.3, 0.4) is 0 Å². The van der Waals surface area contributed by atoms with E-state index < -0.39 is 12.0 Å². The maximum absolute atomic E-state index is 11.3. The molecular formula is C16H17Cl2NO2. The predicted octanol–water partition coefficient (Wildman–Crippen LogP) is 3.47. The summed E-state index contributed by atoms with van der Waals surface area (Å²) in [4.78, 5) is 11.3. The molecule has 0 saturated heterocycles. The van der Waals surface area contributed by atoms with Gasteiger partial charge in [0.05, 0.1) is 7.11 Å². The molecule has 2 N–H and O–H groups in total. The van der Waals surface area contributed by atoms with Crippen molar-refractivity contribution in [2.24, 2.45) is 5.73 Å². The number of nitrogens with two attached hydrogens (primary N) is 1. The predicted molar refractivity (Wildman–Crippen MR) is 87.8 cm³/mol. The van der Waals surface area contributed by atoms with Gasteiger partial charge in [-0.3, -0.25) is 4.79 Å². The second-order valence-electron chi connectivity index (χ2n) is 4.54. The number of carbonyl (C=O) groups excluding carboxylic acids is 1. The van der Waals surface area contributed by atoms with Gasteiger partial charge < -0.3 is 10.5 Å². The summed E-state index contributed by atoms with van der Waals surface area (Å²) in [6, 6.07) is 14.9. The molecule has 5 heteroatoms. The third kappa shape index (κ3) is 4.74. The Hall–Kier alpha value is -1.55. The second-order valence-corrected chi connectivity index (χ2v) is 4.98. The van der Waals surface area contributed by atoms with Crippen LogP contribution >= 0.6 is 24.0 Å². The van der Waals surface area contributed by atoms with Gasteiger partial charge >= 0.3 is 5.97 Å². The largest absolute Gasteiger partial charge is 0.468 e. The summed E-state index contributed by atoms with van der Waals surface area (Å²) < 4.78 is 4.61. The number of benzene rings is 2. The van der Waals surface area contributed by atoms with Crippen molar-refractivity contribution in [3.8, 4) is 11.1 Å². The molecule has 0 saturated carbocycles. The highest BCUT2D eigenvalue weighted by Gasteiger charge is 2.14. The van der Waals surface area contributed by atoms with Crippen LogP contribution in [0.1, 0.15) is 5.56 Å². The van der Waals surface area contributed by atoms with Crippen molar-refractivity contribution in [2.75, 3.05) is 7.11 Å². The molecule has 21 heavy (non-hydrogen) atoms. The minimum atomic E-state index is -0.628. The summed E-state index contributed by atoms with van der Waals surface area (Å²) >= 11 is 5.98. The SMILES string of the molecule is COC(=O)C(N)Cc1ccc(-c2cccc(Cl)c2)cc1.Cl. The third-order valence-corrected chi connectivity index (χ3v) is 3.31. The van der Waals surface area contributed by atoms with E-state index >= 15 is 0 Å². The number of carbonyl (C=O) groups is 1. The quantitative estimate of drug-likeness (QED) is 0.875. The smallest absolute Gasteiger partial charge is 0.322 e. The van der Waals surface area contributed by atoms with Crippen molar-refractivity contribution in [3.63, 3.8) is 0 Å². The lowest BCUT2D eigenvalue weighted by Crippen LogP contribution is -2.33. The van der Waals surface area contributed by atoms with Gasteiger partial charge in [0.2, 0.25) is 0 Å². The first-order chi connectivity index (χ1) is 9.60. The van der Waals surface area contributed by atoms with Crippen molar-refractivity contribution in [1.82, 2.24) is 0 Å². The van der Waals surface area contributed by atoms with Crippen LogP contribution < -0.4 is 5.73 Å². The number of halogens is 2. The summed E-state index contributed by atoms with van der Waals surface area (Å²) in [5, 5.41) is 0.708. The molecule has 1 atom stereocenters. The molecule has 2 aromatic carbocycles. The van der Waals surface area contributed by atoms with Crippen LogP contribution in [0, 0.1) is 0 Å². The van der Waals surface area contributed by atoms with E-state index in [0.29, 0.717) is 11.4 Å². The summed E-state index contributed by atoms with van der Waals surface area (Å²) in [6.07, 6.45) is 0.461. The van der Waals surface area contributed by atoms with Gasteiger partial charge in [0, 0.05) is 5.02 Å². The molecule has 0 aliphatic rings. The molecule has 1 unspecified atom stereocenters. The molecule has 2 rings (SSSR count). The number of rotatable bonds is 4. The average molecular weight is 326 g/mol. The fraction of sp³-hybridized carbons (Fsp3) is 0.188. The third-order valence-electron chi connectivity index (χ3n) is 3.07. The number of hydrogen-bond donors (Lipinski definition) is 1. The number of esters is 1. The maximum atomic E-state index is 11.3. The van der Waals surface area contributed by atoms with Gasteiger partial charge in [-0.1, -0.05) is 48.0 Å². The highest BCUT2D eigenvalue weighted by Crippen LogP contribution is 2.23. The Balaban J connectivity index is 0.00000220. The van der Waals surface area contributed by atoms with E-state index in [-0.39, 0.29) is 12.4 Å². The summed E-state index contributed by atoms with van der Waals surface area (Å²) in [7, 11) is 1.34. The van der Waals surface area contributed by atoms with Gasteiger partial charge in [-0.2, -0.15) is 0 Å². The van der Waals surface area contributed by atoms with Crippen molar-refractivity contribution < 1.29 is 9.53 Å². The topological polar surface area (TPSA) is 52.3 Å². The average Bonchev–Trinajstić information content (AvgIpc) is 2.47. The van der Waals surface area contributed by atoms with Crippen LogP contribution in [0.15, 0.2) is 48.5 Å². The van der Waals surface area contributed by atoms with Gasteiger partial charge in [0.15, 0.2) is 0 Å². The highest BCUT2D eigenvalue weighted by atomic mass is 35.5. The maximum Gasteiger partial charge on any atom is 0.322 e. The lowest BCUT2D eigenvalue weighted by atomic mass is 10.0. The van der Waals surface area contributed by atoms with Crippen LogP contribution in [0.4, 0.5) is 0 Å². The van der Waals surface area contributed by atoms with E-state index in [1.807, 2.05) is 48.5 Å². The lowest BCUT2D eigenvalue weighted by Gasteiger charge is -2.10. The van der Waals surface area contributed by atoms with Crippen molar-refractivity contribution in [1.29, 1.82) is 0 Å². The van der Waals surface area contributed by atoms with Crippen molar-refractivity contribution in [3.05, 3.63) is 59.1 Å². The Labute approximate surface area is 135 Å².